The van der Waals surface area contributed by atoms with E-state index >= 15 is 0 Å². The molecule has 0 aliphatic carbocycles. The van der Waals surface area contributed by atoms with Gasteiger partial charge in [0.2, 0.25) is 5.95 Å². The molecule has 0 saturated carbocycles. The Balaban J connectivity index is 2.64. The van der Waals surface area contributed by atoms with E-state index in [1.54, 1.807) is 6.92 Å². The van der Waals surface area contributed by atoms with Crippen LogP contribution in [0.2, 0.25) is 10.0 Å². The monoisotopic (exact) mass is 310 g/mol. The molecule has 0 bridgehead atoms. The lowest BCUT2D eigenvalue weighted by Gasteiger charge is -2.12. The van der Waals surface area contributed by atoms with Crippen LogP contribution in [0.15, 0.2) is 12.1 Å². The number of hydrogen-bond donors (Lipinski definition) is 1. The molecule has 0 saturated heterocycles. The van der Waals surface area contributed by atoms with Crippen LogP contribution in [0.4, 0.5) is 19.1 Å². The lowest BCUT2D eigenvalue weighted by Crippen LogP contribution is -2.08. The smallest absolute Gasteiger partial charge is 0.368 e. The third kappa shape index (κ3) is 2.62. The van der Waals surface area contributed by atoms with Gasteiger partial charge in [0.15, 0.2) is 0 Å². The predicted octanol–water partition coefficient (Wildman–Crippen LogP) is 3.48. The van der Waals surface area contributed by atoms with Crippen molar-refractivity contribution in [3.63, 3.8) is 0 Å². The number of nitrogens with two attached hydrogens (primary N) is 1. The van der Waals surface area contributed by atoms with Gasteiger partial charge in [-0.25, -0.2) is 0 Å². The summed E-state index contributed by atoms with van der Waals surface area (Å²) >= 11 is 11.7. The highest BCUT2D eigenvalue weighted by Gasteiger charge is 2.32. The predicted molar refractivity (Wildman–Crippen MR) is 65.5 cm³/mol. The largest absolute Gasteiger partial charge is 0.416 e. The second-order valence-electron chi connectivity index (χ2n) is 3.72. The van der Waals surface area contributed by atoms with Crippen LogP contribution >= 0.6 is 23.2 Å². The summed E-state index contributed by atoms with van der Waals surface area (Å²) in [5, 5.41) is 3.50. The molecule has 2 aromatic rings. The average molecular weight is 311 g/mol. The average Bonchev–Trinajstić information content (AvgIpc) is 2.55. The molecule has 0 fully saturated rings. The van der Waals surface area contributed by atoms with Crippen molar-refractivity contribution in [1.29, 1.82) is 0 Å². The molecule has 1 aromatic carbocycles. The zero-order valence-corrected chi connectivity index (χ0v) is 11.0. The molecule has 1 aromatic heterocycles. The molecule has 0 aliphatic heterocycles. The minimum Gasteiger partial charge on any atom is -0.368 e. The van der Waals surface area contributed by atoms with Crippen LogP contribution < -0.4 is 5.73 Å². The van der Waals surface area contributed by atoms with Crippen molar-refractivity contribution < 1.29 is 13.2 Å². The van der Waals surface area contributed by atoms with Gasteiger partial charge in [-0.15, -0.1) is 5.10 Å². The van der Waals surface area contributed by atoms with Gasteiger partial charge in [0.25, 0.3) is 0 Å². The van der Waals surface area contributed by atoms with Gasteiger partial charge < -0.3 is 5.73 Å². The number of anilines is 1. The summed E-state index contributed by atoms with van der Waals surface area (Å²) in [6.45, 7) is 1.58. The summed E-state index contributed by atoms with van der Waals surface area (Å²) in [4.78, 5) is 3.83. The normalized spacial score (nSPS) is 11.9. The van der Waals surface area contributed by atoms with Crippen molar-refractivity contribution in [1.82, 2.24) is 14.8 Å². The van der Waals surface area contributed by atoms with E-state index < -0.39 is 11.7 Å². The molecule has 1 heterocycles. The highest BCUT2D eigenvalue weighted by molar-refractivity contribution is 6.37. The van der Waals surface area contributed by atoms with Crippen molar-refractivity contribution in [2.24, 2.45) is 0 Å². The zero-order valence-electron chi connectivity index (χ0n) is 9.46. The molecular weight excluding hydrogens is 304 g/mol. The molecule has 0 atom stereocenters. The van der Waals surface area contributed by atoms with Crippen molar-refractivity contribution in [3.8, 4) is 5.69 Å². The Morgan fingerprint density at radius 1 is 1.21 bits per heavy atom. The molecule has 0 spiro atoms. The molecule has 102 valence electrons. The third-order valence-corrected chi connectivity index (χ3v) is 2.87. The first kappa shape index (κ1) is 14.0. The number of rotatable bonds is 1. The zero-order chi connectivity index (χ0) is 14.4. The van der Waals surface area contributed by atoms with Gasteiger partial charge in [0.1, 0.15) is 11.5 Å². The summed E-state index contributed by atoms with van der Waals surface area (Å²) < 4.78 is 38.9. The maximum absolute atomic E-state index is 12.6. The number of aromatic nitrogens is 3. The number of benzene rings is 1. The summed E-state index contributed by atoms with van der Waals surface area (Å²) in [6.07, 6.45) is -4.53. The molecule has 4 nitrogen and oxygen atoms in total. The van der Waals surface area contributed by atoms with Crippen molar-refractivity contribution in [2.75, 3.05) is 5.73 Å². The van der Waals surface area contributed by atoms with E-state index in [1.165, 1.54) is 0 Å². The van der Waals surface area contributed by atoms with Gasteiger partial charge in [-0.3, -0.25) is 0 Å². The summed E-state index contributed by atoms with van der Waals surface area (Å²) in [6, 6.07) is 1.53. The molecule has 19 heavy (non-hydrogen) atoms. The molecular formula is C10H7Cl2F3N4. The summed E-state index contributed by atoms with van der Waals surface area (Å²) in [7, 11) is 0. The number of alkyl halides is 3. The fourth-order valence-electron chi connectivity index (χ4n) is 1.53. The molecule has 0 aliphatic rings. The topological polar surface area (TPSA) is 56.7 Å². The van der Waals surface area contributed by atoms with Gasteiger partial charge >= 0.3 is 6.18 Å². The molecule has 0 radical (unpaired) electrons. The fraction of sp³-hybridized carbons (Fsp3) is 0.200. The van der Waals surface area contributed by atoms with E-state index in [9.17, 15) is 13.2 Å². The van der Waals surface area contributed by atoms with Crippen LogP contribution in [-0.2, 0) is 6.18 Å². The summed E-state index contributed by atoms with van der Waals surface area (Å²) in [5.74, 6) is 0.339. The quantitative estimate of drug-likeness (QED) is 0.877. The van der Waals surface area contributed by atoms with Gasteiger partial charge in [-0.2, -0.15) is 22.8 Å². The van der Waals surface area contributed by atoms with Crippen LogP contribution in [-0.4, -0.2) is 14.8 Å². The first-order chi connectivity index (χ1) is 8.70. The molecule has 0 unspecified atom stereocenters. The standard InChI is InChI=1S/C10H7Cl2F3N4/c1-4-17-9(16)19(18-4)8-6(11)2-5(3-7(8)12)10(13,14)15/h2-3H,1H3,(H2,16,17,18). The second-order valence-corrected chi connectivity index (χ2v) is 4.53. The van der Waals surface area contributed by atoms with E-state index in [0.717, 1.165) is 16.8 Å². The van der Waals surface area contributed by atoms with Gasteiger partial charge in [-0.05, 0) is 19.1 Å². The minimum atomic E-state index is -4.53. The lowest BCUT2D eigenvalue weighted by molar-refractivity contribution is -0.137. The van der Waals surface area contributed by atoms with E-state index in [4.69, 9.17) is 28.9 Å². The van der Waals surface area contributed by atoms with Crippen molar-refractivity contribution in [3.05, 3.63) is 33.6 Å². The Labute approximate surface area is 115 Å². The molecule has 2 N–H and O–H groups in total. The highest BCUT2D eigenvalue weighted by atomic mass is 35.5. The van der Waals surface area contributed by atoms with Crippen molar-refractivity contribution >= 4 is 29.2 Å². The number of nitrogen functional groups attached to an aromatic ring is 1. The molecule has 9 heteroatoms. The molecule has 0 amide bonds. The van der Waals surface area contributed by atoms with E-state index in [1.807, 2.05) is 0 Å². The maximum atomic E-state index is 12.6. The van der Waals surface area contributed by atoms with Gasteiger partial charge in [0.05, 0.1) is 15.6 Å². The van der Waals surface area contributed by atoms with Gasteiger partial charge in [0, 0.05) is 0 Å². The Kier molecular flexibility index (Phi) is 3.36. The van der Waals surface area contributed by atoms with Crippen LogP contribution in [0, 0.1) is 6.92 Å². The van der Waals surface area contributed by atoms with Crippen molar-refractivity contribution in [2.45, 2.75) is 13.1 Å². The Morgan fingerprint density at radius 2 is 1.74 bits per heavy atom. The van der Waals surface area contributed by atoms with E-state index in [-0.39, 0.29) is 21.7 Å². The number of halogens is 5. The Morgan fingerprint density at radius 3 is 2.11 bits per heavy atom. The van der Waals surface area contributed by atoms with E-state index in [2.05, 4.69) is 10.1 Å². The number of nitrogens with zero attached hydrogens (tertiary/aromatic N) is 3. The summed E-state index contributed by atoms with van der Waals surface area (Å²) in [5.41, 5.74) is 4.71. The lowest BCUT2D eigenvalue weighted by atomic mass is 10.2. The number of aryl methyl sites for hydroxylation is 1. The van der Waals surface area contributed by atoms with Crippen LogP contribution in [0.3, 0.4) is 0 Å². The van der Waals surface area contributed by atoms with Crippen LogP contribution in [0.1, 0.15) is 11.4 Å². The first-order valence-electron chi connectivity index (χ1n) is 4.96. The minimum absolute atomic E-state index is 0.0129. The highest BCUT2D eigenvalue weighted by Crippen LogP contribution is 2.37. The maximum Gasteiger partial charge on any atom is 0.416 e. The Bertz CT molecular complexity index is 613. The fourth-order valence-corrected chi connectivity index (χ4v) is 2.17. The SMILES string of the molecule is Cc1nc(N)n(-c2c(Cl)cc(C(F)(F)F)cc2Cl)n1. The molecule has 2 rings (SSSR count). The second kappa shape index (κ2) is 4.57. The van der Waals surface area contributed by atoms with Crippen LogP contribution in [0.25, 0.3) is 5.69 Å². The first-order valence-corrected chi connectivity index (χ1v) is 5.71. The van der Waals surface area contributed by atoms with Gasteiger partial charge in [-0.1, -0.05) is 23.2 Å². The van der Waals surface area contributed by atoms with Crippen LogP contribution in [0.5, 0.6) is 0 Å². The Hall–Kier alpha value is -1.47. The van der Waals surface area contributed by atoms with E-state index in [0.29, 0.717) is 5.82 Å². The third-order valence-electron chi connectivity index (χ3n) is 2.29. The number of hydrogen-bond acceptors (Lipinski definition) is 3.